The predicted molar refractivity (Wildman–Crippen MR) is 86.9 cm³/mol. The van der Waals surface area contributed by atoms with Crippen molar-refractivity contribution in [3.63, 3.8) is 0 Å². The van der Waals surface area contributed by atoms with E-state index in [9.17, 15) is 9.59 Å². The zero-order chi connectivity index (χ0) is 16.6. The lowest BCUT2D eigenvalue weighted by Crippen LogP contribution is -2.33. The fraction of sp³-hybridized carbons (Fsp3) is 0.118. The van der Waals surface area contributed by atoms with Crippen LogP contribution in [-0.4, -0.2) is 21.6 Å². The lowest BCUT2D eigenvalue weighted by atomic mass is 9.97. The molecule has 0 atom stereocenters. The summed E-state index contributed by atoms with van der Waals surface area (Å²) < 4.78 is 1.75. The summed E-state index contributed by atoms with van der Waals surface area (Å²) in [5, 5.41) is 5.27. The Hall–Kier alpha value is -3.15. The number of hydrogen-bond donors (Lipinski definition) is 2. The first kappa shape index (κ1) is 14.8. The van der Waals surface area contributed by atoms with Crippen LogP contribution >= 0.6 is 0 Å². The van der Waals surface area contributed by atoms with E-state index in [1.165, 1.54) is 0 Å². The van der Waals surface area contributed by atoms with Crippen LogP contribution in [0.2, 0.25) is 0 Å². The van der Waals surface area contributed by atoms with Gasteiger partial charge in [-0.25, -0.2) is 4.68 Å². The van der Waals surface area contributed by atoms with E-state index in [4.69, 9.17) is 11.5 Å². The third-order valence-corrected chi connectivity index (χ3v) is 3.74. The first-order valence-electron chi connectivity index (χ1n) is 7.11. The van der Waals surface area contributed by atoms with E-state index < -0.39 is 17.7 Å². The molecule has 0 aliphatic rings. The number of carbonyl (C=O) groups excluding carboxylic acids is 2. The Morgan fingerprint density at radius 3 is 2.48 bits per heavy atom. The molecular weight excluding hydrogens is 292 g/mol. The highest BCUT2D eigenvalue weighted by atomic mass is 16.2. The fourth-order valence-electron chi connectivity index (χ4n) is 2.65. The topological polar surface area (TPSA) is 104 Å². The summed E-state index contributed by atoms with van der Waals surface area (Å²) in [6.45, 7) is 2.00. The molecule has 6 nitrogen and oxygen atoms in total. The lowest BCUT2D eigenvalue weighted by molar-refractivity contribution is -0.128. The Bertz CT molecular complexity index is 900. The van der Waals surface area contributed by atoms with Crippen LogP contribution in [0.3, 0.4) is 0 Å². The summed E-state index contributed by atoms with van der Waals surface area (Å²) in [7, 11) is 0. The van der Waals surface area contributed by atoms with E-state index in [1.54, 1.807) is 29.1 Å². The van der Waals surface area contributed by atoms with Crippen LogP contribution in [-0.2, 0) is 9.59 Å². The highest BCUT2D eigenvalue weighted by Crippen LogP contribution is 2.24. The van der Waals surface area contributed by atoms with Gasteiger partial charge in [-0.05, 0) is 36.2 Å². The quantitative estimate of drug-likeness (QED) is 0.711. The normalized spacial score (nSPS) is 11.0. The molecular formula is C17H16N4O2. The van der Waals surface area contributed by atoms with Crippen molar-refractivity contribution in [1.82, 2.24) is 9.78 Å². The van der Waals surface area contributed by atoms with Crippen molar-refractivity contribution in [2.24, 2.45) is 11.5 Å². The zero-order valence-electron chi connectivity index (χ0n) is 12.6. The van der Waals surface area contributed by atoms with Crippen molar-refractivity contribution in [3.05, 3.63) is 59.8 Å². The second-order valence-electron chi connectivity index (χ2n) is 5.45. The number of hydrogen-bond acceptors (Lipinski definition) is 3. The summed E-state index contributed by atoms with van der Waals surface area (Å²) >= 11 is 0. The molecule has 2 aromatic carbocycles. The van der Waals surface area contributed by atoms with Gasteiger partial charge in [-0.1, -0.05) is 24.3 Å². The molecule has 0 aliphatic carbocycles. The fourth-order valence-corrected chi connectivity index (χ4v) is 2.65. The van der Waals surface area contributed by atoms with Gasteiger partial charge in [-0.2, -0.15) is 5.10 Å². The third kappa shape index (κ3) is 2.66. The van der Waals surface area contributed by atoms with Crippen LogP contribution in [0.25, 0.3) is 16.6 Å². The summed E-state index contributed by atoms with van der Waals surface area (Å²) in [4.78, 5) is 23.0. The molecule has 0 spiro atoms. The number of aryl methyl sites for hydroxylation is 1. The molecule has 0 saturated carbocycles. The summed E-state index contributed by atoms with van der Waals surface area (Å²) in [6, 6.07) is 13.1. The molecule has 116 valence electrons. The lowest BCUT2D eigenvalue weighted by Gasteiger charge is -2.11. The van der Waals surface area contributed by atoms with Gasteiger partial charge in [0.05, 0.1) is 17.4 Å². The largest absolute Gasteiger partial charge is 0.369 e. The highest BCUT2D eigenvalue weighted by molar-refractivity contribution is 6.05. The van der Waals surface area contributed by atoms with Crippen LogP contribution in [0.15, 0.2) is 48.7 Å². The second kappa shape index (κ2) is 5.57. The smallest absolute Gasteiger partial charge is 0.234 e. The molecule has 3 aromatic rings. The number of nitrogens with two attached hydrogens (primary N) is 2. The van der Waals surface area contributed by atoms with Gasteiger partial charge in [-0.15, -0.1) is 0 Å². The monoisotopic (exact) mass is 308 g/mol. The molecule has 0 aliphatic heterocycles. The molecule has 1 aromatic heterocycles. The molecule has 23 heavy (non-hydrogen) atoms. The van der Waals surface area contributed by atoms with Crippen LogP contribution in [0.4, 0.5) is 0 Å². The minimum Gasteiger partial charge on any atom is -0.369 e. The Balaban J connectivity index is 2.17. The van der Waals surface area contributed by atoms with Crippen LogP contribution in [0.5, 0.6) is 0 Å². The molecule has 0 bridgehead atoms. The zero-order valence-corrected chi connectivity index (χ0v) is 12.6. The molecule has 6 heteroatoms. The maximum absolute atomic E-state index is 11.5. The molecule has 0 saturated heterocycles. The number of benzene rings is 2. The van der Waals surface area contributed by atoms with Gasteiger partial charge >= 0.3 is 0 Å². The van der Waals surface area contributed by atoms with Crippen LogP contribution in [0, 0.1) is 6.92 Å². The van der Waals surface area contributed by atoms with Gasteiger partial charge < -0.3 is 11.5 Å². The molecule has 4 N–H and O–H groups in total. The number of aromatic nitrogens is 2. The minimum atomic E-state index is -1.15. The molecule has 0 unspecified atom stereocenters. The number of nitrogens with zero attached hydrogens (tertiary/aromatic N) is 2. The molecule has 0 radical (unpaired) electrons. The Labute approximate surface area is 132 Å². The molecule has 0 fully saturated rings. The third-order valence-electron chi connectivity index (χ3n) is 3.74. The summed E-state index contributed by atoms with van der Waals surface area (Å²) in [5.41, 5.74) is 13.8. The SMILES string of the molecule is Cc1cccc(-n2ncc3ccc(C(C(N)=O)C(N)=O)cc32)c1. The first-order chi connectivity index (χ1) is 11.0. The molecule has 1 heterocycles. The number of fused-ring (bicyclic) bond motifs is 1. The summed E-state index contributed by atoms with van der Waals surface area (Å²) in [6.07, 6.45) is 1.73. The second-order valence-corrected chi connectivity index (χ2v) is 5.45. The average Bonchev–Trinajstić information content (AvgIpc) is 2.89. The van der Waals surface area contributed by atoms with Gasteiger partial charge in [0.15, 0.2) is 0 Å². The number of rotatable bonds is 4. The van der Waals surface area contributed by atoms with Crippen molar-refractivity contribution < 1.29 is 9.59 Å². The summed E-state index contributed by atoms with van der Waals surface area (Å²) in [5.74, 6) is -2.68. The van der Waals surface area contributed by atoms with E-state index in [-0.39, 0.29) is 0 Å². The van der Waals surface area contributed by atoms with Crippen molar-refractivity contribution in [2.75, 3.05) is 0 Å². The number of carbonyl (C=O) groups is 2. The Morgan fingerprint density at radius 2 is 1.83 bits per heavy atom. The van der Waals surface area contributed by atoms with Gasteiger partial charge in [0.2, 0.25) is 11.8 Å². The van der Waals surface area contributed by atoms with Crippen molar-refractivity contribution in [1.29, 1.82) is 0 Å². The predicted octanol–water partition coefficient (Wildman–Crippen LogP) is 1.39. The average molecular weight is 308 g/mol. The first-order valence-corrected chi connectivity index (χ1v) is 7.11. The number of amides is 2. The van der Waals surface area contributed by atoms with E-state index in [1.807, 2.05) is 31.2 Å². The van der Waals surface area contributed by atoms with Gasteiger partial charge in [0.25, 0.3) is 0 Å². The minimum absolute atomic E-state index is 0.465. The van der Waals surface area contributed by atoms with Crippen molar-refractivity contribution in [2.45, 2.75) is 12.8 Å². The number of primary amides is 2. The van der Waals surface area contributed by atoms with Gasteiger partial charge in [-0.3, -0.25) is 9.59 Å². The van der Waals surface area contributed by atoms with Gasteiger partial charge in [0.1, 0.15) is 5.92 Å². The standard InChI is InChI=1S/C17H16N4O2/c1-10-3-2-4-13(7-10)21-14-8-11(5-6-12(14)9-20-21)15(16(18)22)17(19)23/h2-9,15H,1H3,(H2,18,22)(H2,19,23). The maximum atomic E-state index is 11.5. The van der Waals surface area contributed by atoms with E-state index in [0.717, 1.165) is 22.2 Å². The maximum Gasteiger partial charge on any atom is 0.234 e. The van der Waals surface area contributed by atoms with Crippen LogP contribution < -0.4 is 11.5 Å². The Morgan fingerprint density at radius 1 is 1.09 bits per heavy atom. The van der Waals surface area contributed by atoms with E-state index >= 15 is 0 Å². The van der Waals surface area contributed by atoms with Crippen molar-refractivity contribution in [3.8, 4) is 5.69 Å². The highest BCUT2D eigenvalue weighted by Gasteiger charge is 2.24. The Kier molecular flexibility index (Phi) is 3.57. The van der Waals surface area contributed by atoms with E-state index in [2.05, 4.69) is 5.10 Å². The molecule has 2 amide bonds. The van der Waals surface area contributed by atoms with E-state index in [0.29, 0.717) is 5.56 Å². The van der Waals surface area contributed by atoms with Gasteiger partial charge in [0, 0.05) is 5.39 Å². The van der Waals surface area contributed by atoms with Crippen molar-refractivity contribution >= 4 is 22.7 Å². The molecule has 3 rings (SSSR count). The van der Waals surface area contributed by atoms with Crippen LogP contribution in [0.1, 0.15) is 17.0 Å².